The van der Waals surface area contributed by atoms with E-state index in [-0.39, 0.29) is 6.42 Å². The molecule has 1 amide bonds. The van der Waals surface area contributed by atoms with Crippen molar-refractivity contribution in [2.45, 2.75) is 38.1 Å². The first-order valence-corrected chi connectivity index (χ1v) is 12.9. The third-order valence-corrected chi connectivity index (χ3v) is 6.77. The summed E-state index contributed by atoms with van der Waals surface area (Å²) in [4.78, 5) is 29.3. The Kier molecular flexibility index (Phi) is 7.53. The monoisotopic (exact) mass is 513 g/mol. The minimum absolute atomic E-state index is 0.161. The molecule has 38 heavy (non-hydrogen) atoms. The van der Waals surface area contributed by atoms with Crippen molar-refractivity contribution in [1.82, 2.24) is 20.1 Å². The average molecular weight is 514 g/mol. The highest BCUT2D eigenvalue weighted by molar-refractivity contribution is 5.99. The summed E-state index contributed by atoms with van der Waals surface area (Å²) in [5.74, 6) is 0.199. The van der Waals surface area contributed by atoms with Gasteiger partial charge in [0.25, 0.3) is 5.91 Å². The first kappa shape index (κ1) is 25.3. The molecule has 0 fully saturated rings. The number of rotatable bonds is 10. The normalized spacial score (nSPS) is 13.4. The van der Waals surface area contributed by atoms with E-state index < -0.39 is 17.9 Å². The molecule has 1 atom stereocenters. The van der Waals surface area contributed by atoms with E-state index in [4.69, 9.17) is 9.72 Å². The largest absolute Gasteiger partial charge is 0.494 e. The number of nitrogens with zero attached hydrogens (tertiary/aromatic N) is 3. The molecule has 0 saturated heterocycles. The highest BCUT2D eigenvalue weighted by Gasteiger charge is 2.21. The highest BCUT2D eigenvalue weighted by Crippen LogP contribution is 2.21. The van der Waals surface area contributed by atoms with E-state index in [0.717, 1.165) is 66.0 Å². The van der Waals surface area contributed by atoms with Gasteiger partial charge in [-0.2, -0.15) is 5.10 Å². The van der Waals surface area contributed by atoms with Crippen LogP contribution in [-0.4, -0.2) is 50.9 Å². The first-order chi connectivity index (χ1) is 18.5. The average Bonchev–Trinajstić information content (AvgIpc) is 3.31. The number of fused-ring (bicyclic) bond motifs is 2. The maximum atomic E-state index is 12.7. The van der Waals surface area contributed by atoms with Gasteiger partial charge in [0.15, 0.2) is 0 Å². The molecule has 0 saturated carbocycles. The van der Waals surface area contributed by atoms with Gasteiger partial charge in [-0.05, 0) is 73.2 Å². The van der Waals surface area contributed by atoms with Crippen LogP contribution in [0.2, 0.25) is 0 Å². The molecule has 3 heterocycles. The van der Waals surface area contributed by atoms with Gasteiger partial charge in [-0.3, -0.25) is 9.48 Å². The Balaban J connectivity index is 1.11. The van der Waals surface area contributed by atoms with Gasteiger partial charge in [-0.25, -0.2) is 9.78 Å². The molecule has 5 rings (SSSR count). The standard InChI is InChI=1S/C29H31N5O4/c1-34-26-13-9-21(17-22(26)18-31-34)28(35)33-25(29(36)37)16-19-6-11-24(12-7-19)38-15-3-5-23-10-8-20-4-2-14-30-27(20)32-23/h6-13,17-18,25H,2-5,14-16H2,1H3,(H,30,32)(H,33,35)(H,36,37)/t25-/m1/s1. The molecule has 2 aromatic heterocycles. The van der Waals surface area contributed by atoms with Gasteiger partial charge >= 0.3 is 5.97 Å². The Morgan fingerprint density at radius 3 is 2.82 bits per heavy atom. The topological polar surface area (TPSA) is 118 Å². The van der Waals surface area contributed by atoms with Crippen molar-refractivity contribution < 1.29 is 19.4 Å². The molecule has 1 aliphatic heterocycles. The summed E-state index contributed by atoms with van der Waals surface area (Å²) in [6, 6.07) is 15.7. The number of carboxylic acids is 1. The van der Waals surface area contributed by atoms with Crippen LogP contribution in [0.4, 0.5) is 5.82 Å². The summed E-state index contributed by atoms with van der Waals surface area (Å²) in [5.41, 5.74) is 4.42. The molecule has 0 spiro atoms. The number of carboxylic acid groups (broad SMARTS) is 1. The van der Waals surface area contributed by atoms with Crippen LogP contribution in [-0.2, 0) is 31.1 Å². The van der Waals surface area contributed by atoms with E-state index in [0.29, 0.717) is 12.2 Å². The quantitative estimate of drug-likeness (QED) is 0.276. The lowest BCUT2D eigenvalue weighted by Gasteiger charge is -2.17. The second kappa shape index (κ2) is 11.3. The summed E-state index contributed by atoms with van der Waals surface area (Å²) < 4.78 is 7.59. The predicted molar refractivity (Wildman–Crippen MR) is 145 cm³/mol. The minimum Gasteiger partial charge on any atom is -0.494 e. The maximum Gasteiger partial charge on any atom is 0.326 e. The Morgan fingerprint density at radius 2 is 2.00 bits per heavy atom. The third kappa shape index (κ3) is 5.94. The van der Waals surface area contributed by atoms with Crippen molar-refractivity contribution in [2.75, 3.05) is 18.5 Å². The molecule has 9 heteroatoms. The molecule has 0 bridgehead atoms. The van der Waals surface area contributed by atoms with Crippen LogP contribution in [0.1, 0.15) is 40.0 Å². The van der Waals surface area contributed by atoms with Gasteiger partial charge in [0, 0.05) is 36.7 Å². The number of ether oxygens (including phenoxy) is 1. The Morgan fingerprint density at radius 1 is 1.16 bits per heavy atom. The van der Waals surface area contributed by atoms with Crippen LogP contribution in [0.15, 0.2) is 60.8 Å². The first-order valence-electron chi connectivity index (χ1n) is 12.9. The van der Waals surface area contributed by atoms with Crippen LogP contribution in [0, 0.1) is 0 Å². The number of amides is 1. The van der Waals surface area contributed by atoms with Crippen molar-refractivity contribution >= 4 is 28.6 Å². The fourth-order valence-corrected chi connectivity index (χ4v) is 4.66. The molecule has 196 valence electrons. The van der Waals surface area contributed by atoms with Gasteiger partial charge in [-0.1, -0.05) is 18.2 Å². The lowest BCUT2D eigenvalue weighted by atomic mass is 10.0. The smallest absolute Gasteiger partial charge is 0.326 e. The zero-order chi connectivity index (χ0) is 26.5. The van der Waals surface area contributed by atoms with Gasteiger partial charge < -0.3 is 20.5 Å². The number of anilines is 1. The highest BCUT2D eigenvalue weighted by atomic mass is 16.5. The summed E-state index contributed by atoms with van der Waals surface area (Å²) >= 11 is 0. The number of aryl methyl sites for hydroxylation is 3. The van der Waals surface area contributed by atoms with Gasteiger partial charge in [0.05, 0.1) is 18.3 Å². The van der Waals surface area contributed by atoms with Crippen molar-refractivity contribution in [2.24, 2.45) is 7.05 Å². The summed E-state index contributed by atoms with van der Waals surface area (Å²) in [5, 5.41) is 20.7. The molecule has 9 nitrogen and oxygen atoms in total. The van der Waals surface area contributed by atoms with Crippen LogP contribution in [0.3, 0.4) is 0 Å². The lowest BCUT2D eigenvalue weighted by molar-refractivity contribution is -0.139. The Bertz CT molecular complexity index is 1450. The second-order valence-electron chi connectivity index (χ2n) is 9.55. The summed E-state index contributed by atoms with van der Waals surface area (Å²) in [7, 11) is 1.82. The van der Waals surface area contributed by atoms with E-state index >= 15 is 0 Å². The Labute approximate surface area is 220 Å². The molecule has 0 unspecified atom stereocenters. The SMILES string of the molecule is Cn1ncc2cc(C(=O)N[C@H](Cc3ccc(OCCCc4ccc5c(n4)NCCC5)cc3)C(=O)O)ccc21. The molecule has 4 aromatic rings. The number of hydrogen-bond acceptors (Lipinski definition) is 6. The van der Waals surface area contributed by atoms with E-state index in [1.165, 1.54) is 5.56 Å². The van der Waals surface area contributed by atoms with E-state index in [2.05, 4.69) is 27.9 Å². The number of aliphatic carboxylic acids is 1. The summed E-state index contributed by atoms with van der Waals surface area (Å²) in [6.07, 6.45) is 5.74. The number of carbonyl (C=O) groups excluding carboxylic acids is 1. The number of hydrogen-bond donors (Lipinski definition) is 3. The fraction of sp³-hybridized carbons (Fsp3) is 0.310. The molecule has 3 N–H and O–H groups in total. The van der Waals surface area contributed by atoms with E-state index in [1.54, 1.807) is 29.1 Å². The van der Waals surface area contributed by atoms with Crippen LogP contribution >= 0.6 is 0 Å². The Hall–Kier alpha value is -4.40. The van der Waals surface area contributed by atoms with Crippen molar-refractivity contribution in [3.05, 3.63) is 83.2 Å². The zero-order valence-corrected chi connectivity index (χ0v) is 21.3. The fourth-order valence-electron chi connectivity index (χ4n) is 4.66. The van der Waals surface area contributed by atoms with Gasteiger partial charge in [-0.15, -0.1) is 0 Å². The second-order valence-corrected chi connectivity index (χ2v) is 9.55. The van der Waals surface area contributed by atoms with Crippen molar-refractivity contribution in [3.8, 4) is 5.75 Å². The van der Waals surface area contributed by atoms with Gasteiger partial charge in [0.2, 0.25) is 0 Å². The van der Waals surface area contributed by atoms with Crippen LogP contribution in [0.5, 0.6) is 5.75 Å². The lowest BCUT2D eigenvalue weighted by Crippen LogP contribution is -2.42. The van der Waals surface area contributed by atoms with Crippen LogP contribution < -0.4 is 15.4 Å². The summed E-state index contributed by atoms with van der Waals surface area (Å²) in [6.45, 7) is 1.53. The third-order valence-electron chi connectivity index (χ3n) is 6.77. The number of pyridine rings is 1. The molecule has 0 aliphatic carbocycles. The number of benzene rings is 2. The number of aromatic nitrogens is 3. The van der Waals surface area contributed by atoms with Crippen LogP contribution in [0.25, 0.3) is 10.9 Å². The van der Waals surface area contributed by atoms with E-state index in [9.17, 15) is 14.7 Å². The molecule has 2 aromatic carbocycles. The van der Waals surface area contributed by atoms with Gasteiger partial charge in [0.1, 0.15) is 17.6 Å². The molecular formula is C29H31N5O4. The molecular weight excluding hydrogens is 482 g/mol. The predicted octanol–water partition coefficient (Wildman–Crippen LogP) is 3.76. The van der Waals surface area contributed by atoms with Crippen molar-refractivity contribution in [1.29, 1.82) is 0 Å². The number of carbonyl (C=O) groups is 2. The number of nitrogens with one attached hydrogen (secondary N) is 2. The van der Waals surface area contributed by atoms with Crippen molar-refractivity contribution in [3.63, 3.8) is 0 Å². The van der Waals surface area contributed by atoms with E-state index in [1.807, 2.05) is 31.3 Å². The zero-order valence-electron chi connectivity index (χ0n) is 21.3. The minimum atomic E-state index is -1.09. The molecule has 1 aliphatic rings. The maximum absolute atomic E-state index is 12.7. The molecule has 0 radical (unpaired) electrons.